The van der Waals surface area contributed by atoms with E-state index in [1.165, 1.54) is 12.1 Å². The van der Waals surface area contributed by atoms with Gasteiger partial charge < -0.3 is 9.84 Å². The lowest BCUT2D eigenvalue weighted by molar-refractivity contribution is -0.117. The monoisotopic (exact) mass is 408 g/mol. The first-order valence-corrected chi connectivity index (χ1v) is 10.2. The average molecular weight is 408 g/mol. The zero-order chi connectivity index (χ0) is 19.7. The number of nitrogens with one attached hydrogen (secondary N) is 1. The first-order valence-electron chi connectivity index (χ1n) is 9.14. The number of aromatic hydroxyl groups is 1. The molecular weight excluding hydrogens is 387 g/mol. The molecule has 0 spiro atoms. The van der Waals surface area contributed by atoms with Gasteiger partial charge in [0.05, 0.1) is 6.20 Å². The van der Waals surface area contributed by atoms with E-state index in [9.17, 15) is 14.1 Å². The van der Waals surface area contributed by atoms with Crippen LogP contribution in [0.2, 0.25) is 0 Å². The highest BCUT2D eigenvalue weighted by Crippen LogP contribution is 2.38. The summed E-state index contributed by atoms with van der Waals surface area (Å²) in [4.78, 5) is 11.4. The summed E-state index contributed by atoms with van der Waals surface area (Å²) in [5, 5.41) is 14.4. The Bertz CT molecular complexity index is 913. The molecule has 4 rings (SSSR count). The van der Waals surface area contributed by atoms with Crippen molar-refractivity contribution in [2.45, 2.75) is 25.8 Å². The number of amides is 1. The third-order valence-corrected chi connectivity index (χ3v) is 6.11. The Kier molecular flexibility index (Phi) is 5.31. The summed E-state index contributed by atoms with van der Waals surface area (Å²) in [5.41, 5.74) is 0.501. The number of carbonyl (C=O) groups excluding carboxylic acids is 1. The highest BCUT2D eigenvalue weighted by molar-refractivity contribution is 7.85. The molecule has 0 aliphatic carbocycles. The van der Waals surface area contributed by atoms with Gasteiger partial charge in [0.15, 0.2) is 5.82 Å². The number of ether oxygens (including phenoxy) is 1. The SMILES string of the molecule is O=C1CN(c2c(O)ccc(-c3cnn(CCC4CCCOC4)c3)c2F)S(=O)N1. The second-order valence-corrected chi connectivity index (χ2v) is 8.11. The summed E-state index contributed by atoms with van der Waals surface area (Å²) in [5.74, 6) is -1.11. The van der Waals surface area contributed by atoms with Gasteiger partial charge in [0.25, 0.3) is 5.91 Å². The third kappa shape index (κ3) is 3.74. The normalized spacial score (nSPS) is 22.5. The molecule has 2 aromatic rings. The molecule has 10 heteroatoms. The Balaban J connectivity index is 1.55. The van der Waals surface area contributed by atoms with Gasteiger partial charge in [0.2, 0.25) is 11.2 Å². The summed E-state index contributed by atoms with van der Waals surface area (Å²) in [6.07, 6.45) is 6.45. The fraction of sp³-hybridized carbons (Fsp3) is 0.444. The molecule has 2 aliphatic rings. The first-order chi connectivity index (χ1) is 13.5. The van der Waals surface area contributed by atoms with Crippen molar-refractivity contribution >= 4 is 22.8 Å². The molecule has 2 fully saturated rings. The maximum absolute atomic E-state index is 15.1. The number of aromatic nitrogens is 2. The van der Waals surface area contributed by atoms with Crippen LogP contribution in [0.4, 0.5) is 10.1 Å². The molecule has 28 heavy (non-hydrogen) atoms. The number of carbonyl (C=O) groups is 1. The largest absolute Gasteiger partial charge is 0.506 e. The van der Waals surface area contributed by atoms with Crippen LogP contribution < -0.4 is 9.03 Å². The number of hydrogen-bond acceptors (Lipinski definition) is 5. The lowest BCUT2D eigenvalue weighted by Crippen LogP contribution is -2.23. The summed E-state index contributed by atoms with van der Waals surface area (Å²) in [7, 11) is 0. The summed E-state index contributed by atoms with van der Waals surface area (Å²) in [6.45, 7) is 2.01. The zero-order valence-electron chi connectivity index (χ0n) is 15.1. The molecular formula is C18H21FN4O4S. The molecule has 0 saturated carbocycles. The minimum atomic E-state index is -1.93. The second-order valence-electron chi connectivity index (χ2n) is 6.97. The van der Waals surface area contributed by atoms with Gasteiger partial charge in [-0.3, -0.25) is 18.5 Å². The van der Waals surface area contributed by atoms with Crippen molar-refractivity contribution in [3.05, 3.63) is 30.3 Å². The summed E-state index contributed by atoms with van der Waals surface area (Å²) in [6, 6.07) is 2.77. The van der Waals surface area contributed by atoms with Crippen LogP contribution in [-0.4, -0.2) is 44.8 Å². The van der Waals surface area contributed by atoms with E-state index in [1.54, 1.807) is 17.1 Å². The van der Waals surface area contributed by atoms with E-state index >= 15 is 4.39 Å². The number of phenols is 1. The van der Waals surface area contributed by atoms with Gasteiger partial charge in [-0.1, -0.05) is 0 Å². The van der Waals surface area contributed by atoms with E-state index in [0.717, 1.165) is 36.8 Å². The lowest BCUT2D eigenvalue weighted by atomic mass is 9.99. The fourth-order valence-electron chi connectivity index (χ4n) is 3.53. The maximum Gasteiger partial charge on any atom is 0.253 e. The van der Waals surface area contributed by atoms with E-state index in [1.807, 2.05) is 0 Å². The average Bonchev–Trinajstić information content (AvgIpc) is 3.27. The number of rotatable bonds is 5. The standard InChI is InChI=1S/C18H21FN4O4S/c19-17-14(3-4-15(24)18(17)23-10-16(25)21-28(23)26)13-8-20-22(9-13)6-5-12-2-1-7-27-11-12/h3-4,8-9,12,24H,1-2,5-7,10-11H2,(H,21,25). The van der Waals surface area contributed by atoms with Crippen LogP contribution in [-0.2, 0) is 27.2 Å². The minimum Gasteiger partial charge on any atom is -0.506 e. The Morgan fingerprint density at radius 3 is 3.00 bits per heavy atom. The lowest BCUT2D eigenvalue weighted by Gasteiger charge is -2.21. The van der Waals surface area contributed by atoms with Crippen LogP contribution in [0.1, 0.15) is 19.3 Å². The third-order valence-electron chi connectivity index (χ3n) is 5.00. The van der Waals surface area contributed by atoms with Crippen molar-refractivity contribution in [1.82, 2.24) is 14.5 Å². The molecule has 150 valence electrons. The second kappa shape index (κ2) is 7.88. The molecule has 2 atom stereocenters. The van der Waals surface area contributed by atoms with Crippen molar-refractivity contribution in [3.63, 3.8) is 0 Å². The number of phenolic OH excluding ortho intramolecular Hbond substituents is 1. The molecule has 1 aromatic heterocycles. The quantitative estimate of drug-likeness (QED) is 0.785. The molecule has 1 amide bonds. The Morgan fingerprint density at radius 1 is 1.43 bits per heavy atom. The van der Waals surface area contributed by atoms with Crippen LogP contribution in [0.15, 0.2) is 24.5 Å². The van der Waals surface area contributed by atoms with E-state index in [2.05, 4.69) is 9.82 Å². The zero-order valence-corrected chi connectivity index (χ0v) is 16.0. The molecule has 8 nitrogen and oxygen atoms in total. The van der Waals surface area contributed by atoms with Crippen molar-refractivity contribution < 1.29 is 23.2 Å². The van der Waals surface area contributed by atoms with E-state index in [0.29, 0.717) is 18.0 Å². The van der Waals surface area contributed by atoms with E-state index in [-0.39, 0.29) is 23.5 Å². The number of halogens is 1. The Labute approximate surface area is 164 Å². The molecule has 1 aromatic carbocycles. The number of nitrogens with zero attached hydrogens (tertiary/aromatic N) is 3. The molecule has 2 N–H and O–H groups in total. The number of anilines is 1. The van der Waals surface area contributed by atoms with Crippen LogP contribution >= 0.6 is 0 Å². The number of hydrogen-bond donors (Lipinski definition) is 2. The maximum atomic E-state index is 15.1. The van der Waals surface area contributed by atoms with E-state index in [4.69, 9.17) is 4.74 Å². The number of aryl methyl sites for hydroxylation is 1. The van der Waals surface area contributed by atoms with Crippen molar-refractivity contribution in [2.24, 2.45) is 5.92 Å². The van der Waals surface area contributed by atoms with Crippen molar-refractivity contribution in [3.8, 4) is 16.9 Å². The minimum absolute atomic E-state index is 0.219. The van der Waals surface area contributed by atoms with Crippen LogP contribution in [0.5, 0.6) is 5.75 Å². The fourth-order valence-corrected chi connectivity index (χ4v) is 4.47. The predicted molar refractivity (Wildman–Crippen MR) is 101 cm³/mol. The molecule has 2 aliphatic heterocycles. The van der Waals surface area contributed by atoms with Gasteiger partial charge in [0.1, 0.15) is 18.0 Å². The molecule has 0 bridgehead atoms. The van der Waals surface area contributed by atoms with Gasteiger partial charge in [-0.2, -0.15) is 5.10 Å². The van der Waals surface area contributed by atoms with Crippen LogP contribution in [0.3, 0.4) is 0 Å². The smallest absolute Gasteiger partial charge is 0.253 e. The molecule has 2 unspecified atom stereocenters. The highest BCUT2D eigenvalue weighted by atomic mass is 32.2. The van der Waals surface area contributed by atoms with Crippen LogP contribution in [0.25, 0.3) is 11.1 Å². The first kappa shape index (κ1) is 18.9. The van der Waals surface area contributed by atoms with Gasteiger partial charge in [0, 0.05) is 37.1 Å². The molecule has 2 saturated heterocycles. The van der Waals surface area contributed by atoms with Crippen LogP contribution in [0, 0.1) is 11.7 Å². The number of benzene rings is 1. The van der Waals surface area contributed by atoms with Gasteiger partial charge in [-0.25, -0.2) is 8.60 Å². The van der Waals surface area contributed by atoms with Gasteiger partial charge in [-0.15, -0.1) is 0 Å². The summed E-state index contributed by atoms with van der Waals surface area (Å²) >= 11 is -1.93. The topological polar surface area (TPSA) is 96.7 Å². The Hall–Kier alpha value is -2.46. The van der Waals surface area contributed by atoms with Gasteiger partial charge in [-0.05, 0) is 37.3 Å². The predicted octanol–water partition coefficient (Wildman–Crippen LogP) is 1.73. The van der Waals surface area contributed by atoms with Gasteiger partial charge >= 0.3 is 0 Å². The summed E-state index contributed by atoms with van der Waals surface area (Å²) < 4.78 is 37.5. The highest BCUT2D eigenvalue weighted by Gasteiger charge is 2.32. The van der Waals surface area contributed by atoms with E-state index < -0.39 is 22.9 Å². The van der Waals surface area contributed by atoms with Crippen molar-refractivity contribution in [2.75, 3.05) is 24.1 Å². The molecule has 0 radical (unpaired) electrons. The molecule has 3 heterocycles. The Morgan fingerprint density at radius 2 is 2.29 bits per heavy atom. The van der Waals surface area contributed by atoms with Crippen molar-refractivity contribution in [1.29, 1.82) is 0 Å².